The first kappa shape index (κ1) is 14.7. The minimum atomic E-state index is -0.483. The van der Waals surface area contributed by atoms with E-state index in [1.54, 1.807) is 0 Å². The number of fused-ring (bicyclic) bond motifs is 3. The summed E-state index contributed by atoms with van der Waals surface area (Å²) >= 11 is 6.29. The number of ether oxygens (including phenoxy) is 1. The number of carbonyl (C=O) groups is 1. The Labute approximate surface area is 140 Å². The maximum Gasteiger partial charge on any atom is 0.233 e. The number of nitrogens with zero attached hydrogens (tertiary/aromatic N) is 1. The Kier molecular flexibility index (Phi) is 3.43. The van der Waals surface area contributed by atoms with Crippen molar-refractivity contribution in [3.8, 4) is 0 Å². The zero-order chi connectivity index (χ0) is 16.0. The van der Waals surface area contributed by atoms with Crippen LogP contribution in [0.5, 0.6) is 0 Å². The first-order valence-corrected chi connectivity index (χ1v) is 8.20. The molecule has 0 aliphatic carbocycles. The van der Waals surface area contributed by atoms with Crippen LogP contribution in [0.3, 0.4) is 0 Å². The van der Waals surface area contributed by atoms with Crippen LogP contribution in [0.15, 0.2) is 48.5 Å². The molecule has 0 spiro atoms. The SMILES string of the molecule is C[C@]12CN(Cc3ccccc3)C(=O)[C@H]1c1cccc(Cl)c1CO2. The van der Waals surface area contributed by atoms with Gasteiger partial charge in [0.25, 0.3) is 0 Å². The summed E-state index contributed by atoms with van der Waals surface area (Å²) in [7, 11) is 0. The van der Waals surface area contributed by atoms with Gasteiger partial charge in [0.05, 0.1) is 24.7 Å². The van der Waals surface area contributed by atoms with E-state index in [2.05, 4.69) is 0 Å². The molecule has 0 radical (unpaired) electrons. The Bertz CT molecular complexity index is 761. The van der Waals surface area contributed by atoms with E-state index in [1.165, 1.54) is 0 Å². The van der Waals surface area contributed by atoms with E-state index in [-0.39, 0.29) is 11.8 Å². The van der Waals surface area contributed by atoms with Gasteiger partial charge in [0.2, 0.25) is 5.91 Å². The first-order valence-electron chi connectivity index (χ1n) is 7.82. The largest absolute Gasteiger partial charge is 0.368 e. The van der Waals surface area contributed by atoms with Gasteiger partial charge < -0.3 is 9.64 Å². The predicted molar refractivity (Wildman–Crippen MR) is 89.2 cm³/mol. The summed E-state index contributed by atoms with van der Waals surface area (Å²) in [5.74, 6) is -0.145. The lowest BCUT2D eigenvalue weighted by atomic mass is 9.81. The van der Waals surface area contributed by atoms with Crippen molar-refractivity contribution in [2.24, 2.45) is 0 Å². The number of amides is 1. The first-order chi connectivity index (χ1) is 11.1. The molecule has 2 atom stereocenters. The van der Waals surface area contributed by atoms with Gasteiger partial charge in [0.15, 0.2) is 0 Å². The lowest BCUT2D eigenvalue weighted by Crippen LogP contribution is -2.40. The molecular formula is C19H18ClNO2. The van der Waals surface area contributed by atoms with E-state index >= 15 is 0 Å². The normalized spacial score (nSPS) is 26.1. The van der Waals surface area contributed by atoms with Crippen LogP contribution in [0.25, 0.3) is 0 Å². The standard InChI is InChI=1S/C19H18ClNO2/c1-19-12-21(10-13-6-3-2-4-7-13)18(22)17(19)14-8-5-9-16(20)15(14)11-23-19/h2-9,17H,10-12H2,1H3/t17-,19+/m1/s1. The molecule has 2 heterocycles. The highest BCUT2D eigenvalue weighted by molar-refractivity contribution is 6.31. The highest BCUT2D eigenvalue weighted by Gasteiger charge is 2.53. The molecule has 0 aromatic heterocycles. The van der Waals surface area contributed by atoms with Crippen LogP contribution in [0, 0.1) is 0 Å². The smallest absolute Gasteiger partial charge is 0.233 e. The number of hydrogen-bond donors (Lipinski definition) is 0. The lowest BCUT2D eigenvalue weighted by molar-refractivity contribution is -0.131. The van der Waals surface area contributed by atoms with Crippen molar-refractivity contribution in [3.05, 3.63) is 70.2 Å². The second kappa shape index (κ2) is 5.36. The van der Waals surface area contributed by atoms with Crippen molar-refractivity contribution >= 4 is 17.5 Å². The molecule has 4 heteroatoms. The highest BCUT2D eigenvalue weighted by atomic mass is 35.5. The van der Waals surface area contributed by atoms with Crippen LogP contribution < -0.4 is 0 Å². The molecule has 2 aliphatic rings. The molecule has 0 N–H and O–H groups in total. The molecular weight excluding hydrogens is 310 g/mol. The number of halogens is 1. The van der Waals surface area contributed by atoms with Crippen LogP contribution in [-0.4, -0.2) is 23.0 Å². The molecule has 118 valence electrons. The molecule has 1 saturated heterocycles. The van der Waals surface area contributed by atoms with Gasteiger partial charge in [0.1, 0.15) is 0 Å². The maximum atomic E-state index is 13.0. The average molecular weight is 328 g/mol. The Balaban J connectivity index is 1.69. The summed E-state index contributed by atoms with van der Waals surface area (Å²) in [6.07, 6.45) is 0. The monoisotopic (exact) mass is 327 g/mol. The molecule has 0 unspecified atom stereocenters. The summed E-state index contributed by atoms with van der Waals surface area (Å²) in [6, 6.07) is 15.8. The van der Waals surface area contributed by atoms with Crippen LogP contribution >= 0.6 is 11.6 Å². The summed E-state index contributed by atoms with van der Waals surface area (Å²) in [6.45, 7) is 3.72. The Hall–Kier alpha value is -1.84. The second-order valence-corrected chi connectivity index (χ2v) is 6.93. The molecule has 3 nitrogen and oxygen atoms in total. The Morgan fingerprint density at radius 2 is 2.00 bits per heavy atom. The van der Waals surface area contributed by atoms with Crippen molar-refractivity contribution in [2.45, 2.75) is 31.6 Å². The lowest BCUT2D eigenvalue weighted by Gasteiger charge is -2.35. The van der Waals surface area contributed by atoms with E-state index in [0.717, 1.165) is 16.7 Å². The van der Waals surface area contributed by atoms with Crippen molar-refractivity contribution in [1.29, 1.82) is 0 Å². The van der Waals surface area contributed by atoms with E-state index in [1.807, 2.05) is 60.4 Å². The van der Waals surface area contributed by atoms with Gasteiger partial charge in [-0.05, 0) is 24.1 Å². The van der Waals surface area contributed by atoms with Gasteiger partial charge in [0, 0.05) is 17.1 Å². The van der Waals surface area contributed by atoms with Crippen LogP contribution in [0.2, 0.25) is 5.02 Å². The molecule has 23 heavy (non-hydrogen) atoms. The summed E-state index contributed by atoms with van der Waals surface area (Å²) in [4.78, 5) is 14.9. The topological polar surface area (TPSA) is 29.5 Å². The van der Waals surface area contributed by atoms with Crippen LogP contribution in [0.4, 0.5) is 0 Å². The van der Waals surface area contributed by atoms with Crippen molar-refractivity contribution in [1.82, 2.24) is 4.90 Å². The predicted octanol–water partition coefficient (Wildman–Crippen LogP) is 3.75. The van der Waals surface area contributed by atoms with Crippen molar-refractivity contribution < 1.29 is 9.53 Å². The van der Waals surface area contributed by atoms with E-state index in [9.17, 15) is 4.79 Å². The molecule has 1 amide bonds. The Morgan fingerprint density at radius 1 is 1.22 bits per heavy atom. The van der Waals surface area contributed by atoms with Gasteiger partial charge in [-0.3, -0.25) is 4.79 Å². The van der Waals surface area contributed by atoms with E-state index < -0.39 is 5.60 Å². The van der Waals surface area contributed by atoms with Gasteiger partial charge in [-0.1, -0.05) is 54.1 Å². The van der Waals surface area contributed by atoms with Crippen molar-refractivity contribution in [3.63, 3.8) is 0 Å². The second-order valence-electron chi connectivity index (χ2n) is 6.52. The summed E-state index contributed by atoms with van der Waals surface area (Å²) < 4.78 is 6.09. The molecule has 0 bridgehead atoms. The third-order valence-electron chi connectivity index (χ3n) is 4.90. The Morgan fingerprint density at radius 3 is 2.78 bits per heavy atom. The molecule has 1 fully saturated rings. The zero-order valence-corrected chi connectivity index (χ0v) is 13.7. The zero-order valence-electron chi connectivity index (χ0n) is 13.0. The quantitative estimate of drug-likeness (QED) is 0.840. The number of likely N-dealkylation sites (tertiary alicyclic amines) is 1. The van der Waals surface area contributed by atoms with Gasteiger partial charge in [-0.15, -0.1) is 0 Å². The van der Waals surface area contributed by atoms with Crippen LogP contribution in [0.1, 0.15) is 29.5 Å². The minimum absolute atomic E-state index is 0.125. The van der Waals surface area contributed by atoms with Gasteiger partial charge in [-0.25, -0.2) is 0 Å². The van der Waals surface area contributed by atoms with Crippen molar-refractivity contribution in [2.75, 3.05) is 6.54 Å². The third-order valence-corrected chi connectivity index (χ3v) is 5.26. The average Bonchev–Trinajstić information content (AvgIpc) is 2.80. The number of rotatable bonds is 2. The number of hydrogen-bond acceptors (Lipinski definition) is 2. The molecule has 0 saturated carbocycles. The molecule has 2 aliphatic heterocycles. The number of benzene rings is 2. The molecule has 2 aromatic carbocycles. The summed E-state index contributed by atoms with van der Waals surface area (Å²) in [5, 5.41) is 0.679. The molecule has 4 rings (SSSR count). The van der Waals surface area contributed by atoms with Gasteiger partial charge in [-0.2, -0.15) is 0 Å². The number of carbonyl (C=O) groups excluding carboxylic acids is 1. The summed E-state index contributed by atoms with van der Waals surface area (Å²) in [5.41, 5.74) is 2.62. The fraction of sp³-hybridized carbons (Fsp3) is 0.316. The fourth-order valence-electron chi connectivity index (χ4n) is 3.76. The van der Waals surface area contributed by atoms with E-state index in [4.69, 9.17) is 16.3 Å². The maximum absolute atomic E-state index is 13.0. The van der Waals surface area contributed by atoms with Crippen LogP contribution in [-0.2, 0) is 22.7 Å². The third kappa shape index (κ3) is 2.35. The molecule has 2 aromatic rings. The van der Waals surface area contributed by atoms with E-state index in [0.29, 0.717) is 24.7 Å². The van der Waals surface area contributed by atoms with Gasteiger partial charge >= 0.3 is 0 Å². The minimum Gasteiger partial charge on any atom is -0.368 e. The highest BCUT2D eigenvalue weighted by Crippen LogP contribution is 2.46. The fourth-order valence-corrected chi connectivity index (χ4v) is 3.99.